The quantitative estimate of drug-likeness (QED) is 0.453. The summed E-state index contributed by atoms with van der Waals surface area (Å²) >= 11 is 0. The third-order valence-electron chi connectivity index (χ3n) is 2.24. The van der Waals surface area contributed by atoms with E-state index in [9.17, 15) is 9.59 Å². The van der Waals surface area contributed by atoms with Gasteiger partial charge in [0.05, 0.1) is 5.56 Å². The monoisotopic (exact) mass is 230 g/mol. The molecule has 1 aromatic rings. The van der Waals surface area contributed by atoms with Gasteiger partial charge in [-0.2, -0.15) is 0 Å². The van der Waals surface area contributed by atoms with Gasteiger partial charge in [-0.1, -0.05) is 12.1 Å². The number of carbonyl (C=O) groups is 2. The maximum atomic E-state index is 11.6. The molecule has 0 heterocycles. The van der Waals surface area contributed by atoms with Crippen LogP contribution in [0.25, 0.3) is 0 Å². The van der Waals surface area contributed by atoms with Crippen LogP contribution in [0.3, 0.4) is 0 Å². The molecule has 0 N–H and O–H groups in total. The Kier molecular flexibility index (Phi) is 4.47. The molecule has 0 amide bonds. The van der Waals surface area contributed by atoms with Gasteiger partial charge in [-0.25, -0.2) is 4.79 Å². The van der Waals surface area contributed by atoms with Crippen LogP contribution in [0.1, 0.15) is 41.0 Å². The lowest BCUT2D eigenvalue weighted by Crippen LogP contribution is -2.14. The number of hydrogen-bond donors (Lipinski definition) is 0. The number of terminal acetylenes is 1. The third-order valence-corrected chi connectivity index (χ3v) is 2.24. The van der Waals surface area contributed by atoms with Crippen LogP contribution in [-0.4, -0.2) is 17.9 Å². The minimum atomic E-state index is -0.428. The van der Waals surface area contributed by atoms with Crippen LogP contribution in [-0.2, 0) is 4.74 Å². The molecule has 0 spiro atoms. The molecule has 0 bridgehead atoms. The highest BCUT2D eigenvalue weighted by atomic mass is 16.5. The Labute approximate surface area is 101 Å². The summed E-state index contributed by atoms with van der Waals surface area (Å²) in [5, 5.41) is 0. The van der Waals surface area contributed by atoms with Gasteiger partial charge in [-0.3, -0.25) is 4.79 Å². The Morgan fingerprint density at radius 3 is 2.29 bits per heavy atom. The van der Waals surface area contributed by atoms with Crippen LogP contribution in [0.15, 0.2) is 24.3 Å². The zero-order valence-electron chi connectivity index (χ0n) is 9.90. The Morgan fingerprint density at radius 2 is 1.82 bits per heavy atom. The van der Waals surface area contributed by atoms with Crippen molar-refractivity contribution in [3.8, 4) is 12.3 Å². The van der Waals surface area contributed by atoms with Gasteiger partial charge in [-0.15, -0.1) is 12.3 Å². The second kappa shape index (κ2) is 5.86. The Bertz CT molecular complexity index is 451. The maximum Gasteiger partial charge on any atom is 0.338 e. The molecule has 0 saturated heterocycles. The molecule has 1 atom stereocenters. The summed E-state index contributed by atoms with van der Waals surface area (Å²) in [4.78, 5) is 22.7. The normalized spacial score (nSPS) is 11.4. The number of benzene rings is 1. The van der Waals surface area contributed by atoms with Gasteiger partial charge < -0.3 is 4.74 Å². The van der Waals surface area contributed by atoms with Gasteiger partial charge in [0.15, 0.2) is 5.78 Å². The molecular weight excluding hydrogens is 216 g/mol. The summed E-state index contributed by atoms with van der Waals surface area (Å²) in [7, 11) is 0. The minimum absolute atomic E-state index is 0.0365. The topological polar surface area (TPSA) is 43.4 Å². The minimum Gasteiger partial charge on any atom is -0.458 e. The van der Waals surface area contributed by atoms with Crippen molar-refractivity contribution >= 4 is 11.8 Å². The lowest BCUT2D eigenvalue weighted by atomic mass is 10.1. The zero-order chi connectivity index (χ0) is 12.8. The average molecular weight is 230 g/mol. The third kappa shape index (κ3) is 3.76. The van der Waals surface area contributed by atoms with E-state index in [0.717, 1.165) is 0 Å². The number of carbonyl (C=O) groups excluding carboxylic acids is 2. The summed E-state index contributed by atoms with van der Waals surface area (Å²) in [5.74, 6) is 1.96. The van der Waals surface area contributed by atoms with E-state index in [0.29, 0.717) is 17.5 Å². The lowest BCUT2D eigenvalue weighted by Gasteiger charge is -2.10. The van der Waals surface area contributed by atoms with Crippen molar-refractivity contribution < 1.29 is 14.3 Å². The summed E-state index contributed by atoms with van der Waals surface area (Å²) in [5.41, 5.74) is 0.983. The van der Waals surface area contributed by atoms with E-state index < -0.39 is 5.97 Å². The van der Waals surface area contributed by atoms with E-state index >= 15 is 0 Å². The Balaban J connectivity index is 2.70. The van der Waals surface area contributed by atoms with Crippen LogP contribution < -0.4 is 0 Å². The van der Waals surface area contributed by atoms with Gasteiger partial charge in [0.2, 0.25) is 0 Å². The van der Waals surface area contributed by atoms with Crippen LogP contribution in [0.4, 0.5) is 0 Å². The fourth-order valence-corrected chi connectivity index (χ4v) is 1.30. The molecule has 0 unspecified atom stereocenters. The molecule has 17 heavy (non-hydrogen) atoms. The second-order valence-corrected chi connectivity index (χ2v) is 3.76. The van der Waals surface area contributed by atoms with Crippen molar-refractivity contribution in [2.75, 3.05) is 0 Å². The fourth-order valence-electron chi connectivity index (χ4n) is 1.30. The smallest absolute Gasteiger partial charge is 0.338 e. The van der Waals surface area contributed by atoms with Crippen LogP contribution in [0.5, 0.6) is 0 Å². The van der Waals surface area contributed by atoms with Crippen molar-refractivity contribution in [3.05, 3.63) is 35.4 Å². The molecule has 0 aliphatic heterocycles. The van der Waals surface area contributed by atoms with Crippen LogP contribution in [0, 0.1) is 12.3 Å². The van der Waals surface area contributed by atoms with Gasteiger partial charge in [-0.05, 0) is 26.0 Å². The number of Topliss-reactive ketones (excluding diaryl/α,β-unsaturated/α-hetero) is 1. The summed E-state index contributed by atoms with van der Waals surface area (Å²) in [6.45, 7) is 3.21. The summed E-state index contributed by atoms with van der Waals surface area (Å²) < 4.78 is 5.11. The van der Waals surface area contributed by atoms with E-state index in [4.69, 9.17) is 11.2 Å². The highest BCUT2D eigenvalue weighted by Crippen LogP contribution is 2.08. The van der Waals surface area contributed by atoms with Crippen LogP contribution in [0.2, 0.25) is 0 Å². The van der Waals surface area contributed by atoms with Crippen molar-refractivity contribution in [1.29, 1.82) is 0 Å². The van der Waals surface area contributed by atoms with Gasteiger partial charge in [0.25, 0.3) is 0 Å². The highest BCUT2D eigenvalue weighted by molar-refractivity contribution is 5.96. The molecule has 0 aromatic heterocycles. The molecule has 0 radical (unpaired) electrons. The highest BCUT2D eigenvalue weighted by Gasteiger charge is 2.11. The molecule has 3 heteroatoms. The van der Waals surface area contributed by atoms with Gasteiger partial charge in [0.1, 0.15) is 6.10 Å². The van der Waals surface area contributed by atoms with E-state index in [2.05, 4.69) is 5.92 Å². The number of ether oxygens (including phenoxy) is 1. The second-order valence-electron chi connectivity index (χ2n) is 3.76. The number of esters is 1. The molecule has 1 aromatic carbocycles. The summed E-state index contributed by atoms with van der Waals surface area (Å²) in [6.07, 6.45) is 5.20. The predicted octanol–water partition coefficient (Wildman–Crippen LogP) is 2.46. The number of hydrogen-bond acceptors (Lipinski definition) is 3. The first-order valence-corrected chi connectivity index (χ1v) is 5.30. The Hall–Kier alpha value is -2.08. The first-order valence-electron chi connectivity index (χ1n) is 5.30. The number of rotatable bonds is 4. The van der Waals surface area contributed by atoms with Crippen molar-refractivity contribution in [2.24, 2.45) is 0 Å². The molecular formula is C14H14O3. The van der Waals surface area contributed by atoms with Gasteiger partial charge >= 0.3 is 5.97 Å². The molecule has 0 aliphatic rings. The fraction of sp³-hybridized carbons (Fsp3) is 0.286. The molecule has 0 fully saturated rings. The van der Waals surface area contributed by atoms with E-state index in [1.807, 2.05) is 0 Å². The SMILES string of the molecule is C#CC[C@@H](C)OC(=O)c1ccc(C(C)=O)cc1. The zero-order valence-corrected chi connectivity index (χ0v) is 9.90. The van der Waals surface area contributed by atoms with Gasteiger partial charge in [0, 0.05) is 12.0 Å². The van der Waals surface area contributed by atoms with Crippen molar-refractivity contribution in [3.63, 3.8) is 0 Å². The molecule has 0 aliphatic carbocycles. The van der Waals surface area contributed by atoms with Crippen molar-refractivity contribution in [1.82, 2.24) is 0 Å². The van der Waals surface area contributed by atoms with E-state index in [1.165, 1.54) is 6.92 Å². The molecule has 3 nitrogen and oxygen atoms in total. The van der Waals surface area contributed by atoms with E-state index in [-0.39, 0.29) is 11.9 Å². The number of ketones is 1. The van der Waals surface area contributed by atoms with E-state index in [1.54, 1.807) is 31.2 Å². The van der Waals surface area contributed by atoms with Crippen molar-refractivity contribution in [2.45, 2.75) is 26.4 Å². The first-order chi connectivity index (χ1) is 8.04. The largest absolute Gasteiger partial charge is 0.458 e. The molecule has 88 valence electrons. The first kappa shape index (κ1) is 13.0. The Morgan fingerprint density at radius 1 is 1.29 bits per heavy atom. The maximum absolute atomic E-state index is 11.6. The molecule has 0 saturated carbocycles. The van der Waals surface area contributed by atoms with Crippen LogP contribution >= 0.6 is 0 Å². The standard InChI is InChI=1S/C14H14O3/c1-4-5-10(2)17-14(16)13-8-6-12(7-9-13)11(3)15/h1,6-10H,5H2,2-3H3/t10-/m1/s1. The lowest BCUT2D eigenvalue weighted by molar-refractivity contribution is 0.0352. The average Bonchev–Trinajstić information content (AvgIpc) is 2.29. The summed E-state index contributed by atoms with van der Waals surface area (Å²) in [6, 6.07) is 6.35. The molecule has 1 rings (SSSR count). The predicted molar refractivity (Wildman–Crippen MR) is 64.8 cm³/mol.